The summed E-state index contributed by atoms with van der Waals surface area (Å²) in [7, 11) is -3.39. The number of sulfone groups is 1. The number of nitrogens with zero attached hydrogens (tertiary/aromatic N) is 1. The Morgan fingerprint density at radius 1 is 1.07 bits per heavy atom. The van der Waals surface area contributed by atoms with Crippen LogP contribution in [0.25, 0.3) is 11.1 Å². The molecule has 3 aromatic carbocycles. The zero-order chi connectivity index (χ0) is 30.3. The maximum atomic E-state index is 13.4. The number of likely N-dealkylation sites (tertiary alicyclic amines) is 1. The fourth-order valence-electron chi connectivity index (χ4n) is 5.23. The van der Waals surface area contributed by atoms with E-state index in [4.69, 9.17) is 4.74 Å². The van der Waals surface area contributed by atoms with Crippen LogP contribution in [-0.4, -0.2) is 79.1 Å². The molecule has 0 bridgehead atoms. The lowest BCUT2D eigenvalue weighted by Gasteiger charge is -2.25. The van der Waals surface area contributed by atoms with Gasteiger partial charge in [0.1, 0.15) is 28.2 Å². The maximum Gasteiger partial charge on any atom is 0.326 e. The van der Waals surface area contributed by atoms with E-state index in [9.17, 15) is 23.1 Å². The predicted molar refractivity (Wildman–Crippen MR) is 168 cm³/mol. The van der Waals surface area contributed by atoms with Gasteiger partial charge in [0.05, 0.1) is 5.75 Å². The van der Waals surface area contributed by atoms with Crippen LogP contribution in [0.3, 0.4) is 0 Å². The number of benzene rings is 3. The molecular formula is C32H38N2O6S2. The van der Waals surface area contributed by atoms with Crippen LogP contribution in [0.1, 0.15) is 34.3 Å². The third-order valence-corrected chi connectivity index (χ3v) is 9.52. The smallest absolute Gasteiger partial charge is 0.326 e. The molecule has 224 valence electrons. The molecule has 0 unspecified atom stereocenters. The average Bonchev–Trinajstić information content (AvgIpc) is 3.35. The molecule has 1 aliphatic heterocycles. The minimum atomic E-state index is -3.39. The predicted octanol–water partition coefficient (Wildman–Crippen LogP) is 4.66. The van der Waals surface area contributed by atoms with Crippen molar-refractivity contribution in [3.05, 3.63) is 89.5 Å². The summed E-state index contributed by atoms with van der Waals surface area (Å²) in [6.45, 7) is 4.14. The number of aliphatic carboxylic acids is 1. The number of nitrogens with one attached hydrogen (secondary N) is 1. The molecule has 3 atom stereocenters. The summed E-state index contributed by atoms with van der Waals surface area (Å²) in [4.78, 5) is 27.7. The van der Waals surface area contributed by atoms with Gasteiger partial charge in [-0.3, -0.25) is 9.69 Å². The first kappa shape index (κ1) is 31.6. The van der Waals surface area contributed by atoms with Gasteiger partial charge >= 0.3 is 5.97 Å². The largest absolute Gasteiger partial charge is 0.492 e. The van der Waals surface area contributed by atoms with Gasteiger partial charge in [-0.1, -0.05) is 48.5 Å². The van der Waals surface area contributed by atoms with E-state index < -0.39 is 27.8 Å². The molecule has 10 heteroatoms. The van der Waals surface area contributed by atoms with Crippen molar-refractivity contribution in [2.45, 2.75) is 43.6 Å². The second-order valence-electron chi connectivity index (χ2n) is 10.8. The Balaban J connectivity index is 1.59. The van der Waals surface area contributed by atoms with Crippen molar-refractivity contribution in [2.24, 2.45) is 0 Å². The van der Waals surface area contributed by atoms with Crippen molar-refractivity contribution in [1.82, 2.24) is 10.2 Å². The summed E-state index contributed by atoms with van der Waals surface area (Å²) in [5, 5.41) is 12.7. The molecule has 0 spiro atoms. The Morgan fingerprint density at radius 2 is 1.79 bits per heavy atom. The zero-order valence-corrected chi connectivity index (χ0v) is 25.8. The molecule has 1 heterocycles. The summed E-state index contributed by atoms with van der Waals surface area (Å²) in [5.41, 5.74) is 3.93. The highest BCUT2D eigenvalue weighted by molar-refractivity contribution is 7.99. The molecule has 0 radical (unpaired) electrons. The van der Waals surface area contributed by atoms with Crippen molar-refractivity contribution in [1.29, 1.82) is 0 Å². The van der Waals surface area contributed by atoms with Gasteiger partial charge in [0, 0.05) is 36.2 Å². The van der Waals surface area contributed by atoms with E-state index in [0.717, 1.165) is 41.7 Å². The number of carbonyl (C=O) groups is 2. The van der Waals surface area contributed by atoms with Crippen LogP contribution in [0.5, 0.6) is 5.75 Å². The van der Waals surface area contributed by atoms with Crippen LogP contribution >= 0.6 is 11.8 Å². The topological polar surface area (TPSA) is 113 Å². The van der Waals surface area contributed by atoms with Gasteiger partial charge in [0.2, 0.25) is 0 Å². The zero-order valence-electron chi connectivity index (χ0n) is 24.2. The number of aryl methyl sites for hydroxylation is 1. The summed E-state index contributed by atoms with van der Waals surface area (Å²) in [5.74, 6) is -1.32. The number of ether oxygens (including phenoxy) is 1. The quantitative estimate of drug-likeness (QED) is 0.287. The van der Waals surface area contributed by atoms with E-state index in [0.29, 0.717) is 29.5 Å². The van der Waals surface area contributed by atoms with E-state index >= 15 is 0 Å². The highest BCUT2D eigenvalue weighted by Gasteiger charge is 2.32. The second-order valence-corrected chi connectivity index (χ2v) is 14.2. The third-order valence-electron chi connectivity index (χ3n) is 7.54. The summed E-state index contributed by atoms with van der Waals surface area (Å²) in [6, 6.07) is 22.1. The maximum absolute atomic E-state index is 13.4. The molecular weight excluding hydrogens is 572 g/mol. The summed E-state index contributed by atoms with van der Waals surface area (Å²) >= 11 is 1.86. The highest BCUT2D eigenvalue weighted by atomic mass is 32.2. The number of hydrogen-bond donors (Lipinski definition) is 2. The molecule has 1 aliphatic rings. The van der Waals surface area contributed by atoms with Gasteiger partial charge < -0.3 is 15.2 Å². The number of thioether (sulfide) groups is 1. The Bertz CT molecular complexity index is 1500. The van der Waals surface area contributed by atoms with Crippen molar-refractivity contribution >= 4 is 33.5 Å². The molecule has 3 aromatic rings. The van der Waals surface area contributed by atoms with E-state index in [-0.39, 0.29) is 18.2 Å². The number of carboxylic acids is 1. The lowest BCUT2D eigenvalue weighted by atomic mass is 9.93. The molecule has 1 amide bonds. The average molecular weight is 611 g/mol. The van der Waals surface area contributed by atoms with Gasteiger partial charge in [-0.15, -0.1) is 0 Å². The number of amides is 1. The molecule has 0 aromatic heterocycles. The SMILES string of the molecule is CS[C@H]1C[C@H](COc2ccccc2)N(Cc2ccc(C(=O)N[C@@H](CCS(C)(=O)=O)C(=O)O)c(-c3ccccc3C)c2)C1. The van der Waals surface area contributed by atoms with Gasteiger partial charge in [0.25, 0.3) is 5.91 Å². The second kappa shape index (κ2) is 14.2. The first-order valence-electron chi connectivity index (χ1n) is 13.9. The lowest BCUT2D eigenvalue weighted by Crippen LogP contribution is -2.42. The number of para-hydroxylation sites is 1. The van der Waals surface area contributed by atoms with E-state index in [1.165, 1.54) is 0 Å². The minimum Gasteiger partial charge on any atom is -0.492 e. The molecule has 1 saturated heterocycles. The molecule has 1 fully saturated rings. The van der Waals surface area contributed by atoms with Gasteiger partial charge in [0.15, 0.2) is 0 Å². The molecule has 4 rings (SSSR count). The Kier molecular flexibility index (Phi) is 10.7. The van der Waals surface area contributed by atoms with Gasteiger partial charge in [-0.05, 0) is 72.5 Å². The Hall–Kier alpha value is -3.34. The van der Waals surface area contributed by atoms with Crippen molar-refractivity contribution < 1.29 is 27.9 Å². The first-order chi connectivity index (χ1) is 20.0. The normalized spacial score (nSPS) is 18.0. The third kappa shape index (κ3) is 8.59. The molecule has 0 aliphatic carbocycles. The summed E-state index contributed by atoms with van der Waals surface area (Å²) < 4.78 is 29.4. The van der Waals surface area contributed by atoms with Crippen LogP contribution in [0.4, 0.5) is 0 Å². The number of carboxylic acid groups (broad SMARTS) is 1. The van der Waals surface area contributed by atoms with Crippen LogP contribution in [0, 0.1) is 6.92 Å². The van der Waals surface area contributed by atoms with E-state index in [2.05, 4.69) is 16.5 Å². The van der Waals surface area contributed by atoms with E-state index in [1.54, 1.807) is 6.07 Å². The van der Waals surface area contributed by atoms with Gasteiger partial charge in [-0.2, -0.15) is 11.8 Å². The van der Waals surface area contributed by atoms with Gasteiger partial charge in [-0.25, -0.2) is 13.2 Å². The van der Waals surface area contributed by atoms with Crippen molar-refractivity contribution in [3.63, 3.8) is 0 Å². The van der Waals surface area contributed by atoms with Crippen molar-refractivity contribution in [3.8, 4) is 16.9 Å². The van der Waals surface area contributed by atoms with Crippen LogP contribution in [0.2, 0.25) is 0 Å². The number of rotatable bonds is 13. The minimum absolute atomic E-state index is 0.213. The standard InChI is InChI=1S/C32H38N2O6S2/c1-22-9-7-8-12-27(22)29-17-23(13-14-28(29)31(35)33-30(32(36)37)15-16-42(3,38)39)19-34-20-26(41-2)18-24(34)21-40-25-10-5-4-6-11-25/h4-14,17,24,26,30H,15-16,18-21H2,1-3H3,(H,33,35)(H,36,37)/t24-,26+,30+/m1/s1. The summed E-state index contributed by atoms with van der Waals surface area (Å²) in [6.07, 6.45) is 3.98. The molecule has 0 saturated carbocycles. The Labute approximate surface area is 252 Å². The van der Waals surface area contributed by atoms with Crippen LogP contribution in [-0.2, 0) is 21.2 Å². The number of carbonyl (C=O) groups excluding carboxylic acids is 1. The fourth-order valence-corrected chi connectivity index (χ4v) is 6.65. The highest BCUT2D eigenvalue weighted by Crippen LogP contribution is 2.32. The fraction of sp³-hybridized carbons (Fsp3) is 0.375. The Morgan fingerprint density at radius 3 is 2.45 bits per heavy atom. The molecule has 2 N–H and O–H groups in total. The van der Waals surface area contributed by atoms with Crippen LogP contribution < -0.4 is 10.1 Å². The molecule has 8 nitrogen and oxygen atoms in total. The lowest BCUT2D eigenvalue weighted by molar-refractivity contribution is -0.139. The van der Waals surface area contributed by atoms with E-state index in [1.807, 2.05) is 85.4 Å². The monoisotopic (exact) mass is 610 g/mol. The first-order valence-corrected chi connectivity index (χ1v) is 17.2. The van der Waals surface area contributed by atoms with Crippen molar-refractivity contribution in [2.75, 3.05) is 31.4 Å². The number of hydrogen-bond acceptors (Lipinski definition) is 7. The van der Waals surface area contributed by atoms with Crippen LogP contribution in [0.15, 0.2) is 72.8 Å². The molecule has 42 heavy (non-hydrogen) atoms.